The first kappa shape index (κ1) is 11.6. The van der Waals surface area contributed by atoms with Crippen LogP contribution >= 0.6 is 0 Å². The molecule has 2 aromatic heterocycles. The van der Waals surface area contributed by atoms with E-state index in [0.29, 0.717) is 12.6 Å². The lowest BCUT2D eigenvalue weighted by Crippen LogP contribution is -2.12. The summed E-state index contributed by atoms with van der Waals surface area (Å²) < 4.78 is 3.79. The highest BCUT2D eigenvalue weighted by molar-refractivity contribution is 5.32. The molecule has 0 fully saturated rings. The van der Waals surface area contributed by atoms with Crippen molar-refractivity contribution in [3.8, 4) is 0 Å². The van der Waals surface area contributed by atoms with Crippen molar-refractivity contribution >= 4 is 5.82 Å². The molecular formula is C11H18N6. The standard InChI is InChI=1S/C11H18N6/c1-4-16-6-5-10(15-16)12-7-11-13-8-14-17(11)9(2)3/h5-6,8-9H,4,7H2,1-3H3,(H,12,15). The number of hydrogen-bond donors (Lipinski definition) is 1. The van der Waals surface area contributed by atoms with Crippen molar-refractivity contribution in [3.05, 3.63) is 24.4 Å². The van der Waals surface area contributed by atoms with Gasteiger partial charge < -0.3 is 5.32 Å². The molecule has 17 heavy (non-hydrogen) atoms. The minimum Gasteiger partial charge on any atom is -0.361 e. The summed E-state index contributed by atoms with van der Waals surface area (Å²) in [5.74, 6) is 1.79. The second kappa shape index (κ2) is 4.99. The Kier molecular flexibility index (Phi) is 3.41. The van der Waals surface area contributed by atoms with Crippen molar-refractivity contribution < 1.29 is 0 Å². The van der Waals surface area contributed by atoms with Crippen molar-refractivity contribution in [2.75, 3.05) is 5.32 Å². The van der Waals surface area contributed by atoms with Gasteiger partial charge in [0.25, 0.3) is 0 Å². The Morgan fingerprint density at radius 2 is 2.24 bits per heavy atom. The summed E-state index contributed by atoms with van der Waals surface area (Å²) >= 11 is 0. The first-order valence-corrected chi connectivity index (χ1v) is 5.86. The molecular weight excluding hydrogens is 216 g/mol. The van der Waals surface area contributed by atoms with E-state index < -0.39 is 0 Å². The van der Waals surface area contributed by atoms with Crippen LogP contribution in [0.4, 0.5) is 5.82 Å². The van der Waals surface area contributed by atoms with Crippen LogP contribution in [-0.4, -0.2) is 24.5 Å². The highest BCUT2D eigenvalue weighted by Crippen LogP contribution is 2.08. The van der Waals surface area contributed by atoms with Crippen LogP contribution in [-0.2, 0) is 13.1 Å². The maximum atomic E-state index is 4.35. The molecule has 1 N–H and O–H groups in total. The van der Waals surface area contributed by atoms with Crippen LogP contribution in [0, 0.1) is 0 Å². The predicted octanol–water partition coefficient (Wildman–Crippen LogP) is 1.69. The lowest BCUT2D eigenvalue weighted by Gasteiger charge is -2.09. The van der Waals surface area contributed by atoms with Crippen molar-refractivity contribution in [3.63, 3.8) is 0 Å². The second-order valence-corrected chi connectivity index (χ2v) is 4.12. The first-order chi connectivity index (χ1) is 8.20. The zero-order chi connectivity index (χ0) is 12.3. The Labute approximate surface area is 101 Å². The quantitative estimate of drug-likeness (QED) is 0.855. The molecule has 2 aromatic rings. The minimum absolute atomic E-state index is 0.322. The van der Waals surface area contributed by atoms with Gasteiger partial charge in [-0.1, -0.05) is 0 Å². The fourth-order valence-corrected chi connectivity index (χ4v) is 1.63. The Hall–Kier alpha value is -1.85. The lowest BCUT2D eigenvalue weighted by atomic mass is 10.4. The molecule has 0 aliphatic carbocycles. The average Bonchev–Trinajstić information content (AvgIpc) is 2.95. The molecule has 6 nitrogen and oxygen atoms in total. The summed E-state index contributed by atoms with van der Waals surface area (Å²) in [5, 5.41) is 11.8. The van der Waals surface area contributed by atoms with Crippen LogP contribution in [0.25, 0.3) is 0 Å². The van der Waals surface area contributed by atoms with Crippen LogP contribution in [0.5, 0.6) is 0 Å². The van der Waals surface area contributed by atoms with Gasteiger partial charge in [0.1, 0.15) is 18.0 Å². The van der Waals surface area contributed by atoms with Crippen LogP contribution in [0.1, 0.15) is 32.6 Å². The highest BCUT2D eigenvalue weighted by Gasteiger charge is 2.07. The van der Waals surface area contributed by atoms with Crippen LogP contribution in [0.3, 0.4) is 0 Å². The molecule has 2 heterocycles. The van der Waals surface area contributed by atoms with Gasteiger partial charge in [-0.25, -0.2) is 9.67 Å². The molecule has 6 heteroatoms. The second-order valence-electron chi connectivity index (χ2n) is 4.12. The predicted molar refractivity (Wildman–Crippen MR) is 65.6 cm³/mol. The van der Waals surface area contributed by atoms with Gasteiger partial charge in [0.15, 0.2) is 0 Å². The van der Waals surface area contributed by atoms with E-state index >= 15 is 0 Å². The van der Waals surface area contributed by atoms with Crippen molar-refractivity contribution in [2.45, 2.75) is 39.9 Å². The van der Waals surface area contributed by atoms with Crippen LogP contribution < -0.4 is 5.32 Å². The summed E-state index contributed by atoms with van der Waals surface area (Å²) in [6, 6.07) is 2.28. The number of aryl methyl sites for hydroxylation is 1. The molecule has 0 saturated carbocycles. The van der Waals surface area contributed by atoms with Gasteiger partial charge in [-0.3, -0.25) is 4.68 Å². The third kappa shape index (κ3) is 2.64. The summed E-state index contributed by atoms with van der Waals surface area (Å²) in [5.41, 5.74) is 0. The molecule has 0 amide bonds. The third-order valence-electron chi connectivity index (χ3n) is 2.53. The molecule has 0 aromatic carbocycles. The van der Waals surface area contributed by atoms with Gasteiger partial charge in [0.2, 0.25) is 0 Å². The molecule has 0 unspecified atom stereocenters. The van der Waals surface area contributed by atoms with Gasteiger partial charge >= 0.3 is 0 Å². The van der Waals surface area contributed by atoms with Gasteiger partial charge in [-0.2, -0.15) is 10.2 Å². The normalized spacial score (nSPS) is 11.1. The fourth-order valence-electron chi connectivity index (χ4n) is 1.63. The van der Waals surface area contributed by atoms with Gasteiger partial charge in [0, 0.05) is 24.8 Å². The van der Waals surface area contributed by atoms with E-state index in [1.54, 1.807) is 6.33 Å². The van der Waals surface area contributed by atoms with Crippen molar-refractivity contribution in [1.82, 2.24) is 24.5 Å². The van der Waals surface area contributed by atoms with Gasteiger partial charge in [0.05, 0.1) is 6.54 Å². The summed E-state index contributed by atoms with van der Waals surface area (Å²) in [7, 11) is 0. The van der Waals surface area contributed by atoms with Crippen LogP contribution in [0.15, 0.2) is 18.6 Å². The average molecular weight is 234 g/mol. The number of rotatable bonds is 5. The van der Waals surface area contributed by atoms with Gasteiger partial charge in [-0.15, -0.1) is 0 Å². The number of hydrogen-bond acceptors (Lipinski definition) is 4. The van der Waals surface area contributed by atoms with E-state index in [0.717, 1.165) is 18.2 Å². The summed E-state index contributed by atoms with van der Waals surface area (Å²) in [6.45, 7) is 7.75. The molecule has 0 aliphatic rings. The number of anilines is 1. The smallest absolute Gasteiger partial charge is 0.148 e. The first-order valence-electron chi connectivity index (χ1n) is 5.86. The summed E-state index contributed by atoms with van der Waals surface area (Å²) in [4.78, 5) is 4.23. The highest BCUT2D eigenvalue weighted by atomic mass is 15.4. The van der Waals surface area contributed by atoms with E-state index in [4.69, 9.17) is 0 Å². The van der Waals surface area contributed by atoms with Gasteiger partial charge in [-0.05, 0) is 20.8 Å². The SMILES string of the molecule is CCn1ccc(NCc2ncnn2C(C)C)n1. The Morgan fingerprint density at radius 3 is 2.88 bits per heavy atom. The summed E-state index contributed by atoms with van der Waals surface area (Å²) in [6.07, 6.45) is 3.54. The van der Waals surface area contributed by atoms with Crippen molar-refractivity contribution in [1.29, 1.82) is 0 Å². The number of aromatic nitrogens is 5. The maximum absolute atomic E-state index is 4.35. The van der Waals surface area contributed by atoms with E-state index in [2.05, 4.69) is 41.3 Å². The molecule has 0 bridgehead atoms. The lowest BCUT2D eigenvalue weighted by molar-refractivity contribution is 0.508. The Bertz CT molecular complexity index is 470. The minimum atomic E-state index is 0.322. The fraction of sp³-hybridized carbons (Fsp3) is 0.545. The van der Waals surface area contributed by atoms with E-state index in [1.807, 2.05) is 21.6 Å². The van der Waals surface area contributed by atoms with Crippen molar-refractivity contribution in [2.24, 2.45) is 0 Å². The molecule has 0 atom stereocenters. The molecule has 0 aliphatic heterocycles. The largest absolute Gasteiger partial charge is 0.361 e. The van der Waals surface area contributed by atoms with Crippen LogP contribution in [0.2, 0.25) is 0 Å². The molecule has 92 valence electrons. The Balaban J connectivity index is 1.99. The monoisotopic (exact) mass is 234 g/mol. The third-order valence-corrected chi connectivity index (χ3v) is 2.53. The molecule has 0 saturated heterocycles. The zero-order valence-corrected chi connectivity index (χ0v) is 10.5. The van der Waals surface area contributed by atoms with E-state index in [1.165, 1.54) is 0 Å². The van der Waals surface area contributed by atoms with E-state index in [9.17, 15) is 0 Å². The zero-order valence-electron chi connectivity index (χ0n) is 10.5. The molecule has 2 rings (SSSR count). The maximum Gasteiger partial charge on any atom is 0.148 e. The Morgan fingerprint density at radius 1 is 1.41 bits per heavy atom. The molecule has 0 radical (unpaired) electrons. The topological polar surface area (TPSA) is 60.6 Å². The number of nitrogens with zero attached hydrogens (tertiary/aromatic N) is 5. The molecule has 0 spiro atoms. The number of nitrogens with one attached hydrogen (secondary N) is 1. The van der Waals surface area contributed by atoms with E-state index in [-0.39, 0.29) is 0 Å².